The normalized spacial score (nSPS) is 28.3. The fraction of sp³-hybridized carbons (Fsp3) is 1.00. The van der Waals surface area contributed by atoms with Gasteiger partial charge in [-0.1, -0.05) is 19.8 Å². The van der Waals surface area contributed by atoms with Gasteiger partial charge in [0.25, 0.3) is 0 Å². The lowest BCUT2D eigenvalue weighted by molar-refractivity contribution is 0.0147. The molecule has 2 N–H and O–H groups in total. The fourth-order valence-corrected chi connectivity index (χ4v) is 3.32. The Kier molecular flexibility index (Phi) is 7.33. The highest BCUT2D eigenvalue weighted by Crippen LogP contribution is 2.37. The van der Waals surface area contributed by atoms with Gasteiger partial charge in [-0.2, -0.15) is 0 Å². The van der Waals surface area contributed by atoms with Crippen LogP contribution in [0.4, 0.5) is 0 Å². The fourth-order valence-electron chi connectivity index (χ4n) is 3.32. The molecule has 0 aromatic rings. The van der Waals surface area contributed by atoms with Crippen molar-refractivity contribution in [3.63, 3.8) is 0 Å². The van der Waals surface area contributed by atoms with Crippen LogP contribution in [-0.2, 0) is 4.74 Å². The Bertz CT molecular complexity index is 235. The Morgan fingerprint density at radius 2 is 1.95 bits per heavy atom. The van der Waals surface area contributed by atoms with Gasteiger partial charge in [0, 0.05) is 18.6 Å². The molecule has 0 aliphatic heterocycles. The van der Waals surface area contributed by atoms with Crippen LogP contribution >= 0.6 is 0 Å². The first kappa shape index (κ1) is 16.9. The summed E-state index contributed by atoms with van der Waals surface area (Å²) < 4.78 is 5.67. The lowest BCUT2D eigenvalue weighted by Crippen LogP contribution is -2.55. The predicted molar refractivity (Wildman–Crippen MR) is 82.4 cm³/mol. The number of nitrogens with zero attached hydrogens (tertiary/aromatic N) is 1. The van der Waals surface area contributed by atoms with Crippen molar-refractivity contribution in [2.24, 2.45) is 11.7 Å². The summed E-state index contributed by atoms with van der Waals surface area (Å²) in [5, 5.41) is 0. The van der Waals surface area contributed by atoms with E-state index in [9.17, 15) is 0 Å². The third-order valence-corrected chi connectivity index (χ3v) is 4.80. The van der Waals surface area contributed by atoms with Gasteiger partial charge in [0.15, 0.2) is 0 Å². The van der Waals surface area contributed by atoms with Crippen LogP contribution in [-0.4, -0.2) is 43.3 Å². The minimum atomic E-state index is 0.227. The van der Waals surface area contributed by atoms with Gasteiger partial charge in [-0.3, -0.25) is 4.90 Å². The first-order valence-corrected chi connectivity index (χ1v) is 8.07. The summed E-state index contributed by atoms with van der Waals surface area (Å²) in [5.74, 6) is 0.935. The molecule has 1 aliphatic rings. The van der Waals surface area contributed by atoms with Crippen molar-refractivity contribution >= 4 is 0 Å². The number of nitrogens with two attached hydrogens (primary N) is 1. The molecule has 0 atom stereocenters. The monoisotopic (exact) mass is 270 g/mol. The molecule has 19 heavy (non-hydrogen) atoms. The summed E-state index contributed by atoms with van der Waals surface area (Å²) >= 11 is 0. The molecule has 0 aromatic heterocycles. The van der Waals surface area contributed by atoms with Crippen molar-refractivity contribution in [1.82, 2.24) is 4.90 Å². The van der Waals surface area contributed by atoms with Crippen LogP contribution in [0, 0.1) is 5.92 Å². The molecule has 114 valence electrons. The largest absolute Gasteiger partial charge is 0.377 e. The molecule has 1 aliphatic carbocycles. The van der Waals surface area contributed by atoms with Crippen molar-refractivity contribution in [3.8, 4) is 0 Å². The van der Waals surface area contributed by atoms with Crippen LogP contribution < -0.4 is 5.73 Å². The van der Waals surface area contributed by atoms with Crippen LogP contribution in [0.1, 0.15) is 59.3 Å². The van der Waals surface area contributed by atoms with E-state index >= 15 is 0 Å². The third kappa shape index (κ3) is 5.05. The maximum Gasteiger partial charge on any atom is 0.0597 e. The maximum atomic E-state index is 6.11. The van der Waals surface area contributed by atoms with E-state index in [1.54, 1.807) is 0 Å². The second kappa shape index (κ2) is 8.23. The molecule has 0 spiro atoms. The Hall–Kier alpha value is -0.120. The van der Waals surface area contributed by atoms with E-state index in [-0.39, 0.29) is 5.54 Å². The Labute approximate surface area is 119 Å². The zero-order chi connectivity index (χ0) is 14.3. The van der Waals surface area contributed by atoms with Gasteiger partial charge in [-0.25, -0.2) is 0 Å². The van der Waals surface area contributed by atoms with Gasteiger partial charge in [-0.15, -0.1) is 0 Å². The van der Waals surface area contributed by atoms with Gasteiger partial charge in [0.05, 0.1) is 12.7 Å². The van der Waals surface area contributed by atoms with Crippen molar-refractivity contribution in [2.45, 2.75) is 70.9 Å². The molecular formula is C16H34N2O. The van der Waals surface area contributed by atoms with Gasteiger partial charge in [0.2, 0.25) is 0 Å². The van der Waals surface area contributed by atoms with Crippen molar-refractivity contribution < 1.29 is 4.74 Å². The number of ether oxygens (including phenoxy) is 1. The summed E-state index contributed by atoms with van der Waals surface area (Å²) in [4.78, 5) is 2.46. The molecule has 1 rings (SSSR count). The van der Waals surface area contributed by atoms with E-state index < -0.39 is 0 Å². The van der Waals surface area contributed by atoms with E-state index in [0.717, 1.165) is 25.6 Å². The molecule has 0 heterocycles. The lowest BCUT2D eigenvalue weighted by atomic mass is 9.74. The SMILES string of the molecule is CCCC1CCC(CN)(N(C)CCOC(C)C)CC1. The van der Waals surface area contributed by atoms with Crippen LogP contribution in [0.25, 0.3) is 0 Å². The van der Waals surface area contributed by atoms with Crippen molar-refractivity contribution in [3.05, 3.63) is 0 Å². The summed E-state index contributed by atoms with van der Waals surface area (Å²) in [6.45, 7) is 9.07. The highest BCUT2D eigenvalue weighted by Gasteiger charge is 2.37. The van der Waals surface area contributed by atoms with E-state index in [0.29, 0.717) is 6.10 Å². The molecule has 1 fully saturated rings. The summed E-state index contributed by atoms with van der Waals surface area (Å²) in [5.41, 5.74) is 6.33. The molecule has 0 aromatic carbocycles. The predicted octanol–water partition coefficient (Wildman–Crippen LogP) is 3.03. The number of likely N-dealkylation sites (N-methyl/N-ethyl adjacent to an activating group) is 1. The standard InChI is InChI=1S/C16H34N2O/c1-5-6-15-7-9-16(13-17,10-8-15)18(4)11-12-19-14(2)3/h14-15H,5-13,17H2,1-4H3. The quantitative estimate of drug-likeness (QED) is 0.737. The summed E-state index contributed by atoms with van der Waals surface area (Å²) in [7, 11) is 2.22. The molecule has 1 saturated carbocycles. The van der Waals surface area contributed by atoms with Gasteiger partial charge in [-0.05, 0) is 52.5 Å². The molecule has 3 heteroatoms. The van der Waals surface area contributed by atoms with E-state index in [4.69, 9.17) is 10.5 Å². The second-order valence-corrected chi connectivity index (χ2v) is 6.50. The van der Waals surface area contributed by atoms with Gasteiger partial charge in [0.1, 0.15) is 0 Å². The minimum absolute atomic E-state index is 0.227. The molecule has 0 radical (unpaired) electrons. The first-order valence-electron chi connectivity index (χ1n) is 8.07. The molecule has 0 unspecified atom stereocenters. The Morgan fingerprint density at radius 1 is 1.32 bits per heavy atom. The molecule has 0 bridgehead atoms. The second-order valence-electron chi connectivity index (χ2n) is 6.50. The Morgan fingerprint density at radius 3 is 2.42 bits per heavy atom. The average molecular weight is 270 g/mol. The maximum absolute atomic E-state index is 6.11. The average Bonchev–Trinajstić information content (AvgIpc) is 2.39. The van der Waals surface area contributed by atoms with Crippen LogP contribution in [0.2, 0.25) is 0 Å². The zero-order valence-corrected chi connectivity index (χ0v) is 13.5. The van der Waals surface area contributed by atoms with Crippen LogP contribution in [0.3, 0.4) is 0 Å². The molecule has 0 saturated heterocycles. The van der Waals surface area contributed by atoms with E-state index in [1.807, 2.05) is 0 Å². The highest BCUT2D eigenvalue weighted by atomic mass is 16.5. The van der Waals surface area contributed by atoms with E-state index in [2.05, 4.69) is 32.7 Å². The van der Waals surface area contributed by atoms with Gasteiger partial charge < -0.3 is 10.5 Å². The molecule has 3 nitrogen and oxygen atoms in total. The lowest BCUT2D eigenvalue weighted by Gasteiger charge is -2.46. The number of rotatable bonds is 8. The Balaban J connectivity index is 2.42. The number of hydrogen-bond donors (Lipinski definition) is 1. The topological polar surface area (TPSA) is 38.5 Å². The van der Waals surface area contributed by atoms with Crippen LogP contribution in [0.5, 0.6) is 0 Å². The minimum Gasteiger partial charge on any atom is -0.377 e. The third-order valence-electron chi connectivity index (χ3n) is 4.80. The smallest absolute Gasteiger partial charge is 0.0597 e. The molecule has 0 amide bonds. The zero-order valence-electron chi connectivity index (χ0n) is 13.5. The van der Waals surface area contributed by atoms with Crippen molar-refractivity contribution in [2.75, 3.05) is 26.7 Å². The highest BCUT2D eigenvalue weighted by molar-refractivity contribution is 4.94. The first-order chi connectivity index (χ1) is 9.04. The summed E-state index contributed by atoms with van der Waals surface area (Å²) in [6, 6.07) is 0. The van der Waals surface area contributed by atoms with E-state index in [1.165, 1.54) is 38.5 Å². The summed E-state index contributed by atoms with van der Waals surface area (Å²) in [6.07, 6.45) is 8.24. The number of hydrogen-bond acceptors (Lipinski definition) is 3. The molecular weight excluding hydrogens is 236 g/mol. The van der Waals surface area contributed by atoms with Crippen LogP contribution in [0.15, 0.2) is 0 Å². The van der Waals surface area contributed by atoms with Crippen molar-refractivity contribution in [1.29, 1.82) is 0 Å². The van der Waals surface area contributed by atoms with Gasteiger partial charge >= 0.3 is 0 Å².